The van der Waals surface area contributed by atoms with Gasteiger partial charge in [0.15, 0.2) is 5.60 Å². The highest BCUT2D eigenvalue weighted by Crippen LogP contribution is 2.23. The molecule has 0 aliphatic rings. The lowest BCUT2D eigenvalue weighted by molar-refractivity contribution is -0.169. The Hall–Kier alpha value is -0.380. The van der Waals surface area contributed by atoms with Gasteiger partial charge in [-0.15, -0.1) is 0 Å². The van der Waals surface area contributed by atoms with Gasteiger partial charge in [0.1, 0.15) is 25.9 Å². The van der Waals surface area contributed by atoms with Gasteiger partial charge in [-0.2, -0.15) is 0 Å². The fourth-order valence-electron chi connectivity index (χ4n) is 1.00. The molecule has 94 valence electrons. The summed E-state index contributed by atoms with van der Waals surface area (Å²) in [6.07, 6.45) is -8.49. The average Bonchev–Trinajstić information content (AvgIpc) is 2.24. The first-order valence-corrected chi connectivity index (χ1v) is 5.03. The molecular formula is C8H13BrO7. The maximum absolute atomic E-state index is 11.1. The molecule has 0 aromatic carbocycles. The maximum Gasteiger partial charge on any atom is 0.232 e. The number of carbonyl (C=O) groups excluding carboxylic acids is 2. The molecule has 0 aromatic rings. The van der Waals surface area contributed by atoms with Gasteiger partial charge in [-0.1, -0.05) is 0 Å². The summed E-state index contributed by atoms with van der Waals surface area (Å²) in [5.41, 5.74) is -2.74. The van der Waals surface area contributed by atoms with E-state index in [1.54, 1.807) is 0 Å². The first kappa shape index (κ1) is 13.7. The Bertz CT molecular complexity index is 300. The molecule has 8 heteroatoms. The van der Waals surface area contributed by atoms with Gasteiger partial charge in [0.2, 0.25) is 4.69 Å². The van der Waals surface area contributed by atoms with Crippen molar-refractivity contribution in [3.8, 4) is 0 Å². The van der Waals surface area contributed by atoms with Gasteiger partial charge in [0.25, 0.3) is 0 Å². The van der Waals surface area contributed by atoms with Crippen molar-refractivity contribution in [3.05, 3.63) is 0 Å². The van der Waals surface area contributed by atoms with Gasteiger partial charge in [0, 0.05) is 6.42 Å². The second-order valence-electron chi connectivity index (χ2n) is 3.20. The van der Waals surface area contributed by atoms with Crippen molar-refractivity contribution in [2.45, 2.75) is 30.3 Å². The van der Waals surface area contributed by atoms with Crippen molar-refractivity contribution in [1.82, 2.24) is 0 Å². The van der Waals surface area contributed by atoms with Crippen molar-refractivity contribution >= 4 is 26.9 Å². The number of aldehydes is 1. The second-order valence-corrected chi connectivity index (χ2v) is 3.92. The van der Waals surface area contributed by atoms with E-state index in [4.69, 9.17) is 11.6 Å². The van der Waals surface area contributed by atoms with Crippen LogP contribution >= 0.6 is 15.9 Å². The van der Waals surface area contributed by atoms with E-state index in [-0.39, 0.29) is 0 Å². The minimum absolute atomic E-state index is 0.917. The summed E-state index contributed by atoms with van der Waals surface area (Å²) in [6.45, 7) is -0.917. The summed E-state index contributed by atoms with van der Waals surface area (Å²) >= 11 is 2.33. The molecule has 0 radical (unpaired) electrons. The van der Waals surface area contributed by atoms with Crippen LogP contribution in [-0.4, -0.2) is 67.0 Å². The van der Waals surface area contributed by atoms with E-state index in [2.05, 4.69) is 15.9 Å². The Kier molecular flexibility index (Phi) is 5.46. The van der Waals surface area contributed by atoms with Crippen LogP contribution in [0.15, 0.2) is 0 Å². The fourth-order valence-corrected chi connectivity index (χ4v) is 1.38. The highest BCUT2D eigenvalue weighted by atomic mass is 79.9. The van der Waals surface area contributed by atoms with E-state index in [1.807, 2.05) is 0 Å². The number of aliphatic hydroxyl groups is 5. The van der Waals surface area contributed by atoms with E-state index in [0.717, 1.165) is 0 Å². The van der Waals surface area contributed by atoms with Crippen LogP contribution in [0.3, 0.4) is 0 Å². The monoisotopic (exact) mass is 301 g/mol. The molecule has 0 saturated carbocycles. The zero-order valence-electron chi connectivity index (χ0n) is 9.08. The molecule has 0 bridgehead atoms. The van der Waals surface area contributed by atoms with E-state index >= 15 is 0 Å². The first-order chi connectivity index (χ1) is 7.66. The minimum Gasteiger partial charge on any atom is -0.394 e. The molecular weight excluding hydrogens is 288 g/mol. The summed E-state index contributed by atoms with van der Waals surface area (Å²) in [6, 6.07) is 0. The molecule has 7 nitrogen and oxygen atoms in total. The Balaban J connectivity index is 5.06. The standard InChI is InChI=1S/C8H13BrO7/c9-7(15)8(16,1-2-10)6(14)5(13)4(12)3-11/h2,4-6,11-14,16H,1,3H2/t4-,5-,6+,8-/m1/s1/i2D. The van der Waals surface area contributed by atoms with Gasteiger partial charge in [-0.05, 0) is 15.9 Å². The summed E-state index contributed by atoms with van der Waals surface area (Å²) in [5.74, 6) is 0. The number of rotatable bonds is 7. The van der Waals surface area contributed by atoms with Crippen LogP contribution in [-0.2, 0) is 9.59 Å². The van der Waals surface area contributed by atoms with E-state index < -0.39 is 47.9 Å². The summed E-state index contributed by atoms with van der Waals surface area (Å²) in [7, 11) is 0. The largest absolute Gasteiger partial charge is 0.394 e. The Morgan fingerprint density at radius 3 is 2.31 bits per heavy atom. The molecule has 0 aliphatic carbocycles. The van der Waals surface area contributed by atoms with Gasteiger partial charge in [-0.3, -0.25) is 4.79 Å². The smallest absolute Gasteiger partial charge is 0.232 e. The van der Waals surface area contributed by atoms with Crippen LogP contribution in [0.25, 0.3) is 0 Å². The van der Waals surface area contributed by atoms with Crippen LogP contribution < -0.4 is 0 Å². The molecule has 16 heavy (non-hydrogen) atoms. The van der Waals surface area contributed by atoms with Crippen molar-refractivity contribution in [3.63, 3.8) is 0 Å². The Labute approximate surface area is 101 Å². The first-order valence-electron chi connectivity index (χ1n) is 4.73. The molecule has 0 rings (SSSR count). The third-order valence-electron chi connectivity index (χ3n) is 2.08. The minimum atomic E-state index is -2.74. The molecule has 0 saturated heterocycles. The second kappa shape index (κ2) is 6.38. The SMILES string of the molecule is [2H]C(=O)C[C@](O)(C(=O)Br)[C@@H](O)[C@H](O)[C@H](O)CO. The van der Waals surface area contributed by atoms with Gasteiger partial charge < -0.3 is 30.3 Å². The van der Waals surface area contributed by atoms with E-state index in [0.29, 0.717) is 0 Å². The number of aliphatic hydroxyl groups excluding tert-OH is 4. The summed E-state index contributed by atoms with van der Waals surface area (Å²) < 4.78 is 5.42. The lowest BCUT2D eigenvalue weighted by atomic mass is 9.89. The zero-order valence-corrected chi connectivity index (χ0v) is 9.66. The Morgan fingerprint density at radius 2 is 2.00 bits per heavy atom. The van der Waals surface area contributed by atoms with Crippen molar-refractivity contribution in [2.24, 2.45) is 0 Å². The zero-order chi connectivity index (χ0) is 13.8. The average molecular weight is 302 g/mol. The molecule has 0 aromatic heterocycles. The summed E-state index contributed by atoms with van der Waals surface area (Å²) in [4.78, 5) is 21.6. The predicted octanol–water partition coefficient (Wildman–Crippen LogP) is -2.70. The van der Waals surface area contributed by atoms with Crippen molar-refractivity contribution in [2.75, 3.05) is 6.61 Å². The van der Waals surface area contributed by atoms with Crippen LogP contribution in [0.1, 0.15) is 7.79 Å². The normalized spacial score (nSPS) is 21.5. The fraction of sp³-hybridized carbons (Fsp3) is 0.750. The topological polar surface area (TPSA) is 135 Å². The number of halogens is 1. The van der Waals surface area contributed by atoms with Crippen LogP contribution in [0, 0.1) is 0 Å². The lowest BCUT2D eigenvalue weighted by Crippen LogP contribution is -2.56. The third-order valence-corrected chi connectivity index (χ3v) is 2.76. The maximum atomic E-state index is 11.1. The quantitative estimate of drug-likeness (QED) is 0.255. The predicted molar refractivity (Wildman–Crippen MR) is 54.7 cm³/mol. The number of carbonyl (C=O) groups is 2. The molecule has 0 amide bonds. The van der Waals surface area contributed by atoms with Gasteiger partial charge in [-0.25, -0.2) is 0 Å². The molecule has 5 N–H and O–H groups in total. The molecule has 0 unspecified atom stereocenters. The summed E-state index contributed by atoms with van der Waals surface area (Å²) in [5, 5.41) is 46.1. The van der Waals surface area contributed by atoms with Gasteiger partial charge >= 0.3 is 0 Å². The molecule has 0 fully saturated rings. The van der Waals surface area contributed by atoms with Crippen molar-refractivity contribution in [1.29, 1.82) is 0 Å². The highest BCUT2D eigenvalue weighted by Gasteiger charge is 2.46. The number of hydrogen-bond donors (Lipinski definition) is 5. The van der Waals surface area contributed by atoms with E-state index in [1.165, 1.54) is 0 Å². The molecule has 0 heterocycles. The molecule has 0 spiro atoms. The van der Waals surface area contributed by atoms with Crippen LogP contribution in [0.5, 0.6) is 0 Å². The van der Waals surface area contributed by atoms with E-state index in [9.17, 15) is 24.9 Å². The highest BCUT2D eigenvalue weighted by molar-refractivity contribution is 9.18. The lowest BCUT2D eigenvalue weighted by Gasteiger charge is -2.32. The number of hydrogen-bond acceptors (Lipinski definition) is 7. The molecule has 0 aliphatic heterocycles. The van der Waals surface area contributed by atoms with Crippen molar-refractivity contribution < 1.29 is 36.5 Å². The Morgan fingerprint density at radius 1 is 1.50 bits per heavy atom. The van der Waals surface area contributed by atoms with Gasteiger partial charge in [0.05, 0.1) is 6.61 Å². The van der Waals surface area contributed by atoms with Crippen LogP contribution in [0.2, 0.25) is 0 Å². The van der Waals surface area contributed by atoms with Crippen LogP contribution in [0.4, 0.5) is 0 Å². The third kappa shape index (κ3) is 3.30. The molecule has 4 atom stereocenters.